The minimum Gasteiger partial charge on any atom is -0.507 e. The van der Waals surface area contributed by atoms with E-state index in [0.29, 0.717) is 28.3 Å². The lowest BCUT2D eigenvalue weighted by Crippen LogP contribution is -2.29. The summed E-state index contributed by atoms with van der Waals surface area (Å²) in [5.74, 6) is -0.752. The highest BCUT2D eigenvalue weighted by Crippen LogP contribution is 2.46. The topological polar surface area (TPSA) is 76.1 Å². The molecule has 0 aromatic heterocycles. The highest BCUT2D eigenvalue weighted by Gasteiger charge is 2.48. The van der Waals surface area contributed by atoms with E-state index in [1.54, 1.807) is 61.7 Å². The molecule has 1 fully saturated rings. The van der Waals surface area contributed by atoms with Gasteiger partial charge in [-0.05, 0) is 36.8 Å². The number of benzene rings is 3. The molecule has 1 N–H and O–H groups in total. The van der Waals surface area contributed by atoms with Crippen LogP contribution in [0.15, 0.2) is 76.8 Å². The van der Waals surface area contributed by atoms with Gasteiger partial charge in [-0.2, -0.15) is 0 Å². The van der Waals surface area contributed by atoms with Crippen LogP contribution < -0.4 is 14.4 Å². The van der Waals surface area contributed by atoms with Gasteiger partial charge in [0.2, 0.25) is 0 Å². The van der Waals surface area contributed by atoms with E-state index in [0.717, 1.165) is 10.0 Å². The summed E-state index contributed by atoms with van der Waals surface area (Å²) in [5.41, 5.74) is 2.49. The van der Waals surface area contributed by atoms with Crippen molar-refractivity contribution in [2.45, 2.75) is 13.0 Å². The van der Waals surface area contributed by atoms with Crippen LogP contribution in [0.25, 0.3) is 5.76 Å². The molecule has 1 aliphatic rings. The molecular weight excluding hydrogens is 486 g/mol. The van der Waals surface area contributed by atoms with Crippen LogP contribution in [0.2, 0.25) is 0 Å². The molecule has 3 aromatic rings. The Morgan fingerprint density at radius 3 is 2.33 bits per heavy atom. The Bertz CT molecular complexity index is 1270. The number of carbonyl (C=O) groups is 2. The summed E-state index contributed by atoms with van der Waals surface area (Å²) in [7, 11) is 3.05. The predicted octanol–water partition coefficient (Wildman–Crippen LogP) is 5.40. The Balaban J connectivity index is 2.00. The number of anilines is 1. The number of aliphatic hydroxyl groups excluding tert-OH is 1. The quantitative estimate of drug-likeness (QED) is 0.284. The number of hydrogen-bond acceptors (Lipinski definition) is 5. The van der Waals surface area contributed by atoms with Gasteiger partial charge >= 0.3 is 0 Å². The fourth-order valence-electron chi connectivity index (χ4n) is 3.92. The van der Waals surface area contributed by atoms with Crippen molar-refractivity contribution in [3.63, 3.8) is 0 Å². The maximum atomic E-state index is 13.3. The van der Waals surface area contributed by atoms with Gasteiger partial charge in [-0.25, -0.2) is 0 Å². The monoisotopic (exact) mass is 507 g/mol. The Hall–Kier alpha value is -3.58. The summed E-state index contributed by atoms with van der Waals surface area (Å²) in [6.07, 6.45) is 0. The fraction of sp³-hybridized carbons (Fsp3) is 0.154. The molecule has 0 bridgehead atoms. The Kier molecular flexibility index (Phi) is 6.24. The van der Waals surface area contributed by atoms with Crippen molar-refractivity contribution in [1.29, 1.82) is 0 Å². The number of nitrogens with zero attached hydrogens (tertiary/aromatic N) is 1. The fourth-order valence-corrected chi connectivity index (χ4v) is 4.29. The lowest BCUT2D eigenvalue weighted by Gasteiger charge is -2.27. The van der Waals surface area contributed by atoms with Crippen LogP contribution in [0.5, 0.6) is 11.5 Å². The molecule has 33 heavy (non-hydrogen) atoms. The number of carbonyl (C=O) groups excluding carboxylic acids is 2. The largest absolute Gasteiger partial charge is 0.507 e. The van der Waals surface area contributed by atoms with Crippen LogP contribution in [0.1, 0.15) is 22.7 Å². The van der Waals surface area contributed by atoms with E-state index in [1.165, 1.54) is 12.0 Å². The van der Waals surface area contributed by atoms with Gasteiger partial charge < -0.3 is 14.6 Å². The molecule has 7 heteroatoms. The van der Waals surface area contributed by atoms with E-state index >= 15 is 0 Å². The first-order valence-electron chi connectivity index (χ1n) is 10.2. The summed E-state index contributed by atoms with van der Waals surface area (Å²) in [6.45, 7) is 1.93. The predicted molar refractivity (Wildman–Crippen MR) is 130 cm³/mol. The first kappa shape index (κ1) is 22.6. The first-order valence-corrected chi connectivity index (χ1v) is 11.0. The van der Waals surface area contributed by atoms with Crippen molar-refractivity contribution in [3.8, 4) is 11.5 Å². The average Bonchev–Trinajstić information content (AvgIpc) is 3.10. The number of amides is 1. The van der Waals surface area contributed by atoms with Crippen molar-refractivity contribution < 1.29 is 24.2 Å². The van der Waals surface area contributed by atoms with Crippen molar-refractivity contribution in [1.82, 2.24) is 0 Å². The van der Waals surface area contributed by atoms with Gasteiger partial charge in [-0.15, -0.1) is 0 Å². The summed E-state index contributed by atoms with van der Waals surface area (Å²) < 4.78 is 11.7. The van der Waals surface area contributed by atoms with Crippen LogP contribution in [-0.4, -0.2) is 31.0 Å². The second-order valence-electron chi connectivity index (χ2n) is 7.58. The van der Waals surface area contributed by atoms with Crippen molar-refractivity contribution in [2.75, 3.05) is 19.1 Å². The summed E-state index contributed by atoms with van der Waals surface area (Å²) >= 11 is 3.51. The number of ketones is 1. The smallest absolute Gasteiger partial charge is 0.300 e. The minimum absolute atomic E-state index is 0.00800. The Morgan fingerprint density at radius 1 is 0.970 bits per heavy atom. The molecule has 168 valence electrons. The van der Waals surface area contributed by atoms with Crippen molar-refractivity contribution >= 4 is 39.1 Å². The molecule has 0 saturated carbocycles. The van der Waals surface area contributed by atoms with Crippen molar-refractivity contribution in [3.05, 3.63) is 93.5 Å². The zero-order chi connectivity index (χ0) is 23.7. The Morgan fingerprint density at radius 2 is 1.70 bits per heavy atom. The standard InChI is InChI=1S/C26H22BrNO5/c1-15-9-10-17(13-20(15)27)28-23(19-12-11-18(32-2)14-21(19)33-3)22(25(30)26(28)31)24(29)16-7-5-4-6-8-16/h4-14,23,29H,1-3H3/t23-/m1/s1. The molecule has 1 heterocycles. The minimum atomic E-state index is -0.902. The summed E-state index contributed by atoms with van der Waals surface area (Å²) in [5, 5.41) is 11.2. The van der Waals surface area contributed by atoms with Crippen LogP contribution in [0.4, 0.5) is 5.69 Å². The first-order chi connectivity index (χ1) is 15.9. The molecule has 0 unspecified atom stereocenters. The maximum Gasteiger partial charge on any atom is 0.300 e. The number of hydrogen-bond donors (Lipinski definition) is 1. The van der Waals surface area contributed by atoms with Crippen LogP contribution in [0.3, 0.4) is 0 Å². The number of rotatable bonds is 5. The summed E-state index contributed by atoms with van der Waals surface area (Å²) in [6, 6.07) is 18.4. The third-order valence-electron chi connectivity index (χ3n) is 5.66. The lowest BCUT2D eigenvalue weighted by molar-refractivity contribution is -0.132. The number of ether oxygens (including phenoxy) is 2. The van der Waals surface area contributed by atoms with Gasteiger partial charge in [0.25, 0.3) is 11.7 Å². The molecule has 1 saturated heterocycles. The number of methoxy groups -OCH3 is 2. The molecule has 0 spiro atoms. The van der Waals surface area contributed by atoms with E-state index < -0.39 is 17.7 Å². The SMILES string of the molecule is COc1ccc([C@@H]2C(=C(O)c3ccccc3)C(=O)C(=O)N2c2ccc(C)c(Br)c2)c(OC)c1. The number of halogens is 1. The second-order valence-corrected chi connectivity index (χ2v) is 8.43. The molecule has 0 radical (unpaired) electrons. The van der Waals surface area contributed by atoms with Gasteiger partial charge in [0.1, 0.15) is 17.3 Å². The van der Waals surface area contributed by atoms with Gasteiger partial charge in [-0.1, -0.05) is 52.3 Å². The van der Waals surface area contributed by atoms with E-state index in [-0.39, 0.29) is 11.3 Å². The number of Topliss-reactive ketones (excluding diaryl/α,β-unsaturated/α-hetero) is 1. The molecule has 3 aromatic carbocycles. The van der Waals surface area contributed by atoms with Crippen LogP contribution in [-0.2, 0) is 9.59 Å². The average molecular weight is 508 g/mol. The van der Waals surface area contributed by atoms with Gasteiger partial charge in [0.15, 0.2) is 0 Å². The third kappa shape index (κ3) is 4.00. The van der Waals surface area contributed by atoms with E-state index in [2.05, 4.69) is 15.9 Å². The van der Waals surface area contributed by atoms with Gasteiger partial charge in [-0.3, -0.25) is 14.5 Å². The zero-order valence-electron chi connectivity index (χ0n) is 18.3. The Labute approximate surface area is 200 Å². The van der Waals surface area contributed by atoms with Gasteiger partial charge in [0.05, 0.1) is 25.8 Å². The molecule has 1 aliphatic heterocycles. The number of aliphatic hydroxyl groups is 1. The molecule has 1 amide bonds. The van der Waals surface area contributed by atoms with E-state index in [9.17, 15) is 14.7 Å². The van der Waals surface area contributed by atoms with E-state index in [1.807, 2.05) is 19.1 Å². The highest BCUT2D eigenvalue weighted by molar-refractivity contribution is 9.10. The maximum absolute atomic E-state index is 13.3. The van der Waals surface area contributed by atoms with E-state index in [4.69, 9.17) is 9.47 Å². The number of aryl methyl sites for hydroxylation is 1. The highest BCUT2D eigenvalue weighted by atomic mass is 79.9. The summed E-state index contributed by atoms with van der Waals surface area (Å²) in [4.78, 5) is 28.0. The lowest BCUT2D eigenvalue weighted by atomic mass is 9.94. The zero-order valence-corrected chi connectivity index (χ0v) is 19.9. The molecule has 1 atom stereocenters. The van der Waals surface area contributed by atoms with Crippen LogP contribution in [0, 0.1) is 6.92 Å². The van der Waals surface area contributed by atoms with Crippen molar-refractivity contribution in [2.24, 2.45) is 0 Å². The third-order valence-corrected chi connectivity index (χ3v) is 6.51. The molecular formula is C26H22BrNO5. The second kappa shape index (κ2) is 9.11. The van der Waals surface area contributed by atoms with Gasteiger partial charge in [0, 0.05) is 27.4 Å². The molecule has 4 rings (SSSR count). The molecule has 6 nitrogen and oxygen atoms in total. The molecule has 0 aliphatic carbocycles. The normalized spacial score (nSPS) is 17.3. The van der Waals surface area contributed by atoms with Crippen LogP contribution >= 0.6 is 15.9 Å².